The first-order chi connectivity index (χ1) is 20.1. The van der Waals surface area contributed by atoms with Gasteiger partial charge in [-0.15, -0.1) is 0 Å². The summed E-state index contributed by atoms with van der Waals surface area (Å²) in [7, 11) is -3.84. The SMILES string of the molecule is CS(=O)(=O)N(CCCC(=O)N(Cc1ccccc1)[C@H](Cc1ccccc1)C(=O)NC1CCCC1)c1ccc(F)c(F)c1. The maximum atomic E-state index is 13.9. The molecule has 0 radical (unpaired) electrons. The Balaban J connectivity index is 1.57. The van der Waals surface area contributed by atoms with Crippen LogP contribution < -0.4 is 9.62 Å². The minimum atomic E-state index is -3.84. The second kappa shape index (κ2) is 14.4. The molecule has 2 amide bonds. The van der Waals surface area contributed by atoms with Crippen LogP contribution >= 0.6 is 0 Å². The number of nitrogens with zero attached hydrogens (tertiary/aromatic N) is 2. The van der Waals surface area contributed by atoms with E-state index in [0.717, 1.165) is 59.5 Å². The van der Waals surface area contributed by atoms with Crippen LogP contribution in [-0.4, -0.2) is 50.0 Å². The second-order valence-electron chi connectivity index (χ2n) is 10.7. The van der Waals surface area contributed by atoms with Crippen molar-refractivity contribution in [1.82, 2.24) is 10.2 Å². The smallest absolute Gasteiger partial charge is 0.243 e. The number of carbonyl (C=O) groups is 2. The average molecular weight is 598 g/mol. The second-order valence-corrected chi connectivity index (χ2v) is 12.6. The highest BCUT2D eigenvalue weighted by Gasteiger charge is 2.32. The monoisotopic (exact) mass is 597 g/mol. The van der Waals surface area contributed by atoms with Gasteiger partial charge in [0.2, 0.25) is 21.8 Å². The first-order valence-electron chi connectivity index (χ1n) is 14.2. The van der Waals surface area contributed by atoms with Crippen molar-refractivity contribution >= 4 is 27.5 Å². The van der Waals surface area contributed by atoms with E-state index >= 15 is 0 Å². The van der Waals surface area contributed by atoms with E-state index in [1.54, 1.807) is 4.90 Å². The van der Waals surface area contributed by atoms with Gasteiger partial charge in [0, 0.05) is 38.0 Å². The molecule has 3 aromatic rings. The first-order valence-corrected chi connectivity index (χ1v) is 16.1. The zero-order chi connectivity index (χ0) is 30.1. The van der Waals surface area contributed by atoms with Crippen molar-refractivity contribution in [2.24, 2.45) is 0 Å². The molecule has 1 aliphatic rings. The third-order valence-corrected chi connectivity index (χ3v) is 8.71. The van der Waals surface area contributed by atoms with Crippen LogP contribution in [0.1, 0.15) is 49.7 Å². The zero-order valence-corrected chi connectivity index (χ0v) is 24.5. The van der Waals surface area contributed by atoms with E-state index in [1.807, 2.05) is 60.7 Å². The number of halogens is 2. The Labute approximate surface area is 246 Å². The number of hydrogen-bond acceptors (Lipinski definition) is 4. The van der Waals surface area contributed by atoms with E-state index in [2.05, 4.69) is 5.32 Å². The summed E-state index contributed by atoms with van der Waals surface area (Å²) in [5.41, 5.74) is 1.75. The van der Waals surface area contributed by atoms with Crippen LogP contribution in [-0.2, 0) is 32.6 Å². The fourth-order valence-electron chi connectivity index (χ4n) is 5.35. The average Bonchev–Trinajstić information content (AvgIpc) is 3.48. The Morgan fingerprint density at radius 1 is 0.905 bits per heavy atom. The van der Waals surface area contributed by atoms with Gasteiger partial charge in [-0.05, 0) is 42.5 Å². The van der Waals surface area contributed by atoms with E-state index in [0.29, 0.717) is 6.42 Å². The van der Waals surface area contributed by atoms with Crippen molar-refractivity contribution in [3.8, 4) is 0 Å². The van der Waals surface area contributed by atoms with Gasteiger partial charge in [-0.2, -0.15) is 0 Å². The quantitative estimate of drug-likeness (QED) is 0.293. The molecule has 0 heterocycles. The number of carbonyl (C=O) groups excluding carboxylic acids is 2. The van der Waals surface area contributed by atoms with Crippen molar-refractivity contribution < 1.29 is 26.8 Å². The van der Waals surface area contributed by atoms with E-state index in [9.17, 15) is 26.8 Å². The highest BCUT2D eigenvalue weighted by atomic mass is 32.2. The van der Waals surface area contributed by atoms with E-state index in [4.69, 9.17) is 0 Å². The standard InChI is InChI=1S/C32H37F2N3O4S/c1-42(40,41)37(27-18-19-28(33)29(34)22-27)20-10-17-31(38)36(23-25-13-6-3-7-14-25)30(21-24-11-4-2-5-12-24)32(39)35-26-15-8-9-16-26/h2-7,11-14,18-19,22,26,30H,8-10,15-17,20-21,23H2,1H3,(H,35,39)/t30-/m1/s1. The van der Waals surface area contributed by atoms with Gasteiger partial charge in [-0.25, -0.2) is 17.2 Å². The molecule has 1 saturated carbocycles. The topological polar surface area (TPSA) is 86.8 Å². The van der Waals surface area contributed by atoms with Gasteiger partial charge in [0.05, 0.1) is 11.9 Å². The van der Waals surface area contributed by atoms with Crippen molar-refractivity contribution in [3.05, 3.63) is 102 Å². The molecule has 224 valence electrons. The molecule has 42 heavy (non-hydrogen) atoms. The molecule has 1 aliphatic carbocycles. The molecule has 4 rings (SSSR count). The summed E-state index contributed by atoms with van der Waals surface area (Å²) < 4.78 is 53.3. The summed E-state index contributed by atoms with van der Waals surface area (Å²) >= 11 is 0. The number of benzene rings is 3. The van der Waals surface area contributed by atoms with Gasteiger partial charge in [0.15, 0.2) is 11.6 Å². The Kier molecular flexibility index (Phi) is 10.7. The number of anilines is 1. The first kappa shape index (κ1) is 31.2. The largest absolute Gasteiger partial charge is 0.352 e. The number of amides is 2. The third kappa shape index (κ3) is 8.61. The molecule has 0 aliphatic heterocycles. The molecule has 0 unspecified atom stereocenters. The van der Waals surface area contributed by atoms with Crippen molar-refractivity contribution in [3.63, 3.8) is 0 Å². The minimum absolute atomic E-state index is 0.0251. The molecule has 7 nitrogen and oxygen atoms in total. The zero-order valence-electron chi connectivity index (χ0n) is 23.7. The summed E-state index contributed by atoms with van der Waals surface area (Å²) in [6.45, 7) is 0.0840. The molecule has 0 aromatic heterocycles. The highest BCUT2D eigenvalue weighted by Crippen LogP contribution is 2.23. The summed E-state index contributed by atoms with van der Waals surface area (Å²) in [6, 6.07) is 21.1. The lowest BCUT2D eigenvalue weighted by molar-refractivity contribution is -0.141. The molecule has 0 spiro atoms. The normalized spacial score (nSPS) is 14.4. The van der Waals surface area contributed by atoms with Crippen LogP contribution in [0.2, 0.25) is 0 Å². The van der Waals surface area contributed by atoms with Crippen LogP contribution in [0.25, 0.3) is 0 Å². The van der Waals surface area contributed by atoms with Crippen LogP contribution in [0.4, 0.5) is 14.5 Å². The van der Waals surface area contributed by atoms with Gasteiger partial charge >= 0.3 is 0 Å². The summed E-state index contributed by atoms with van der Waals surface area (Å²) in [6.07, 6.45) is 5.27. The number of rotatable bonds is 13. The molecule has 1 N–H and O–H groups in total. The Bertz CT molecular complexity index is 1450. The minimum Gasteiger partial charge on any atom is -0.352 e. The Hall–Kier alpha value is -3.79. The van der Waals surface area contributed by atoms with Gasteiger partial charge in [-0.1, -0.05) is 73.5 Å². The fraction of sp³-hybridized carbons (Fsp3) is 0.375. The molecular weight excluding hydrogens is 560 g/mol. The number of hydrogen-bond donors (Lipinski definition) is 1. The van der Waals surface area contributed by atoms with Crippen molar-refractivity contribution in [1.29, 1.82) is 0 Å². The molecule has 0 bridgehead atoms. The number of sulfonamides is 1. The molecule has 1 atom stereocenters. The third-order valence-electron chi connectivity index (χ3n) is 7.51. The molecule has 0 saturated heterocycles. The van der Waals surface area contributed by atoms with Gasteiger partial charge < -0.3 is 10.2 Å². The van der Waals surface area contributed by atoms with Crippen molar-refractivity contribution in [2.75, 3.05) is 17.1 Å². The maximum absolute atomic E-state index is 13.9. The fourth-order valence-corrected chi connectivity index (χ4v) is 6.30. The summed E-state index contributed by atoms with van der Waals surface area (Å²) in [4.78, 5) is 29.2. The molecular formula is C32H37F2N3O4S. The van der Waals surface area contributed by atoms with Crippen LogP contribution in [0, 0.1) is 11.6 Å². The predicted molar refractivity (Wildman–Crippen MR) is 159 cm³/mol. The number of nitrogens with one attached hydrogen (secondary N) is 1. The molecule has 1 fully saturated rings. The van der Waals surface area contributed by atoms with E-state index in [1.165, 1.54) is 6.07 Å². The van der Waals surface area contributed by atoms with Crippen molar-refractivity contribution in [2.45, 2.75) is 63.6 Å². The maximum Gasteiger partial charge on any atom is 0.243 e. The van der Waals surface area contributed by atoms with E-state index in [-0.39, 0.29) is 49.5 Å². The highest BCUT2D eigenvalue weighted by molar-refractivity contribution is 7.92. The predicted octanol–water partition coefficient (Wildman–Crippen LogP) is 5.21. The van der Waals surface area contributed by atoms with Gasteiger partial charge in [0.25, 0.3) is 0 Å². The lowest BCUT2D eigenvalue weighted by Gasteiger charge is -2.33. The van der Waals surface area contributed by atoms with Gasteiger partial charge in [0.1, 0.15) is 6.04 Å². The van der Waals surface area contributed by atoms with Gasteiger partial charge in [-0.3, -0.25) is 13.9 Å². The molecule has 10 heteroatoms. The summed E-state index contributed by atoms with van der Waals surface area (Å²) in [5, 5.41) is 3.16. The lowest BCUT2D eigenvalue weighted by atomic mass is 10.0. The van der Waals surface area contributed by atoms with Crippen LogP contribution in [0.3, 0.4) is 0 Å². The van der Waals surface area contributed by atoms with E-state index < -0.39 is 27.7 Å². The van der Waals surface area contributed by atoms with Crippen LogP contribution in [0.5, 0.6) is 0 Å². The lowest BCUT2D eigenvalue weighted by Crippen LogP contribution is -2.52. The van der Waals surface area contributed by atoms with Crippen LogP contribution in [0.15, 0.2) is 78.9 Å². The Morgan fingerprint density at radius 3 is 2.12 bits per heavy atom. The molecule has 3 aromatic carbocycles. The summed E-state index contributed by atoms with van der Waals surface area (Å²) in [5.74, 6) is -2.77. The Morgan fingerprint density at radius 2 is 1.52 bits per heavy atom.